The Morgan fingerprint density at radius 3 is 2.67 bits per heavy atom. The molecule has 0 spiro atoms. The zero-order chi connectivity index (χ0) is 9.40. The first-order valence-electron chi connectivity index (χ1n) is 4.29. The fourth-order valence-corrected chi connectivity index (χ4v) is 0.818. The summed E-state index contributed by atoms with van der Waals surface area (Å²) in [6.45, 7) is 3.69. The van der Waals surface area contributed by atoms with Crippen molar-refractivity contribution in [2.45, 2.75) is 45.6 Å². The van der Waals surface area contributed by atoms with Crippen LogP contribution in [0, 0.1) is 12.3 Å². The smallest absolute Gasteiger partial charge is 0.306 e. The number of esters is 1. The first kappa shape index (κ1) is 11.0. The Labute approximate surface area is 74.3 Å². The van der Waals surface area contributed by atoms with E-state index in [1.54, 1.807) is 0 Å². The molecule has 0 aromatic rings. The van der Waals surface area contributed by atoms with Gasteiger partial charge in [-0.25, -0.2) is 0 Å². The lowest BCUT2D eigenvalue weighted by molar-refractivity contribution is -0.147. The van der Waals surface area contributed by atoms with Gasteiger partial charge >= 0.3 is 5.97 Å². The molecule has 0 unspecified atom stereocenters. The van der Waals surface area contributed by atoms with Gasteiger partial charge in [0.05, 0.1) is 6.10 Å². The molecular weight excluding hydrogens is 152 g/mol. The molecule has 0 aliphatic rings. The Morgan fingerprint density at radius 2 is 2.17 bits per heavy atom. The molecule has 0 bridgehead atoms. The van der Waals surface area contributed by atoms with E-state index in [1.807, 2.05) is 13.8 Å². The van der Waals surface area contributed by atoms with Crippen LogP contribution in [0.2, 0.25) is 0 Å². The topological polar surface area (TPSA) is 26.3 Å². The molecule has 0 rings (SSSR count). The molecule has 2 nitrogen and oxygen atoms in total. The van der Waals surface area contributed by atoms with Crippen molar-refractivity contribution >= 4 is 5.97 Å². The average Bonchev–Trinajstić information content (AvgIpc) is 1.97. The zero-order valence-corrected chi connectivity index (χ0v) is 7.80. The number of terminal acetylenes is 1. The summed E-state index contributed by atoms with van der Waals surface area (Å²) in [4.78, 5) is 10.9. The first-order chi connectivity index (χ1) is 5.66. The summed E-state index contributed by atoms with van der Waals surface area (Å²) >= 11 is 0. The van der Waals surface area contributed by atoms with E-state index in [9.17, 15) is 4.79 Å². The summed E-state index contributed by atoms with van der Waals surface area (Å²) in [5, 5.41) is 0. The quantitative estimate of drug-likeness (QED) is 0.357. The van der Waals surface area contributed by atoms with Crippen LogP contribution in [0.1, 0.15) is 39.5 Å². The van der Waals surface area contributed by atoms with Gasteiger partial charge in [0, 0.05) is 12.8 Å². The molecule has 0 saturated heterocycles. The highest BCUT2D eigenvalue weighted by Gasteiger charge is 2.03. The number of carbonyl (C=O) groups is 1. The van der Waals surface area contributed by atoms with Crippen LogP contribution in [0.25, 0.3) is 0 Å². The standard InChI is InChI=1S/C10H16O2/c1-4-5-6-7-8-10(11)12-9(2)3/h1,9H,5-8H2,2-3H3. The van der Waals surface area contributed by atoms with Gasteiger partial charge in [0.2, 0.25) is 0 Å². The van der Waals surface area contributed by atoms with Gasteiger partial charge in [-0.1, -0.05) is 0 Å². The molecule has 0 fully saturated rings. The molecule has 0 radical (unpaired) electrons. The predicted molar refractivity (Wildman–Crippen MR) is 48.5 cm³/mol. The summed E-state index contributed by atoms with van der Waals surface area (Å²) in [6, 6.07) is 0. The third kappa shape index (κ3) is 7.14. The molecule has 68 valence electrons. The molecule has 0 aliphatic carbocycles. The van der Waals surface area contributed by atoms with Gasteiger partial charge in [-0.2, -0.15) is 0 Å². The average molecular weight is 168 g/mol. The zero-order valence-electron chi connectivity index (χ0n) is 7.80. The number of hydrogen-bond donors (Lipinski definition) is 0. The van der Waals surface area contributed by atoms with E-state index in [2.05, 4.69) is 5.92 Å². The minimum absolute atomic E-state index is 0.00914. The molecule has 0 aliphatic heterocycles. The van der Waals surface area contributed by atoms with Crippen LogP contribution in [0.5, 0.6) is 0 Å². The molecule has 2 heteroatoms. The molecule has 0 aromatic carbocycles. The molecule has 0 atom stereocenters. The molecule has 0 amide bonds. The first-order valence-corrected chi connectivity index (χ1v) is 4.29. The number of hydrogen-bond acceptors (Lipinski definition) is 2. The molecule has 0 aromatic heterocycles. The van der Waals surface area contributed by atoms with Crippen molar-refractivity contribution in [1.29, 1.82) is 0 Å². The summed E-state index contributed by atoms with van der Waals surface area (Å²) in [5.41, 5.74) is 0. The van der Waals surface area contributed by atoms with Crippen molar-refractivity contribution in [3.63, 3.8) is 0 Å². The van der Waals surface area contributed by atoms with Gasteiger partial charge in [-0.15, -0.1) is 12.3 Å². The highest BCUT2D eigenvalue weighted by molar-refractivity contribution is 5.69. The Morgan fingerprint density at radius 1 is 1.50 bits per heavy atom. The number of rotatable bonds is 5. The summed E-state index contributed by atoms with van der Waals surface area (Å²) in [7, 11) is 0. The number of carbonyl (C=O) groups excluding carboxylic acids is 1. The molecule has 0 saturated carbocycles. The van der Waals surface area contributed by atoms with Gasteiger partial charge in [0.15, 0.2) is 0 Å². The second-order valence-corrected chi connectivity index (χ2v) is 2.95. The largest absolute Gasteiger partial charge is 0.463 e. The lowest BCUT2D eigenvalue weighted by Crippen LogP contribution is -2.10. The maximum atomic E-state index is 10.9. The van der Waals surface area contributed by atoms with Crippen LogP contribution in [0.3, 0.4) is 0 Å². The highest BCUT2D eigenvalue weighted by atomic mass is 16.5. The van der Waals surface area contributed by atoms with Crippen molar-refractivity contribution in [3.05, 3.63) is 0 Å². The van der Waals surface area contributed by atoms with Crippen molar-refractivity contribution in [2.75, 3.05) is 0 Å². The van der Waals surface area contributed by atoms with Crippen molar-refractivity contribution in [2.24, 2.45) is 0 Å². The van der Waals surface area contributed by atoms with Crippen LogP contribution in [-0.2, 0) is 9.53 Å². The highest BCUT2D eigenvalue weighted by Crippen LogP contribution is 2.01. The monoisotopic (exact) mass is 168 g/mol. The second-order valence-electron chi connectivity index (χ2n) is 2.95. The SMILES string of the molecule is C#CCCCCC(=O)OC(C)C. The second kappa shape index (κ2) is 6.72. The van der Waals surface area contributed by atoms with Crippen LogP contribution < -0.4 is 0 Å². The van der Waals surface area contributed by atoms with Crippen molar-refractivity contribution in [3.8, 4) is 12.3 Å². The molecule has 12 heavy (non-hydrogen) atoms. The van der Waals surface area contributed by atoms with E-state index < -0.39 is 0 Å². The minimum atomic E-state index is -0.123. The van der Waals surface area contributed by atoms with Gasteiger partial charge in [-0.05, 0) is 26.7 Å². The Balaban J connectivity index is 3.27. The lowest BCUT2D eigenvalue weighted by Gasteiger charge is -2.06. The van der Waals surface area contributed by atoms with Gasteiger partial charge in [-0.3, -0.25) is 4.79 Å². The Kier molecular flexibility index (Phi) is 6.18. The fraction of sp³-hybridized carbons (Fsp3) is 0.700. The Bertz CT molecular complexity index is 165. The van der Waals surface area contributed by atoms with E-state index in [0.717, 1.165) is 19.3 Å². The molecule has 0 heterocycles. The fourth-order valence-electron chi connectivity index (χ4n) is 0.818. The number of ether oxygens (including phenoxy) is 1. The molecular formula is C10H16O2. The van der Waals surface area contributed by atoms with E-state index in [4.69, 9.17) is 11.2 Å². The summed E-state index contributed by atoms with van der Waals surface area (Å²) in [6.07, 6.45) is 8.02. The van der Waals surface area contributed by atoms with Gasteiger partial charge < -0.3 is 4.74 Å². The maximum Gasteiger partial charge on any atom is 0.306 e. The molecule has 0 N–H and O–H groups in total. The normalized spacial score (nSPS) is 9.50. The van der Waals surface area contributed by atoms with E-state index in [0.29, 0.717) is 6.42 Å². The van der Waals surface area contributed by atoms with Crippen LogP contribution in [0.15, 0.2) is 0 Å². The third-order valence-electron chi connectivity index (χ3n) is 1.32. The number of unbranched alkanes of at least 4 members (excludes halogenated alkanes) is 2. The Hall–Kier alpha value is -0.970. The van der Waals surface area contributed by atoms with E-state index in [1.165, 1.54) is 0 Å². The van der Waals surface area contributed by atoms with Crippen molar-refractivity contribution < 1.29 is 9.53 Å². The maximum absolute atomic E-state index is 10.9. The summed E-state index contributed by atoms with van der Waals surface area (Å²) < 4.78 is 4.94. The van der Waals surface area contributed by atoms with Crippen molar-refractivity contribution in [1.82, 2.24) is 0 Å². The van der Waals surface area contributed by atoms with E-state index in [-0.39, 0.29) is 12.1 Å². The van der Waals surface area contributed by atoms with Gasteiger partial charge in [0.1, 0.15) is 0 Å². The van der Waals surface area contributed by atoms with E-state index >= 15 is 0 Å². The van der Waals surface area contributed by atoms with Crippen LogP contribution in [-0.4, -0.2) is 12.1 Å². The summed E-state index contributed by atoms with van der Waals surface area (Å²) in [5.74, 6) is 2.41. The third-order valence-corrected chi connectivity index (χ3v) is 1.32. The van der Waals surface area contributed by atoms with Crippen LogP contribution in [0.4, 0.5) is 0 Å². The predicted octanol–water partition coefficient (Wildman–Crippen LogP) is 2.13. The lowest BCUT2D eigenvalue weighted by atomic mass is 10.2. The van der Waals surface area contributed by atoms with Gasteiger partial charge in [0.25, 0.3) is 0 Å². The minimum Gasteiger partial charge on any atom is -0.463 e. The van der Waals surface area contributed by atoms with Crippen LogP contribution >= 0.6 is 0 Å².